The summed E-state index contributed by atoms with van der Waals surface area (Å²) < 4.78 is 4.89. The van der Waals surface area contributed by atoms with E-state index in [1.165, 1.54) is 0 Å². The lowest BCUT2D eigenvalue weighted by atomic mass is 9.81. The minimum Gasteiger partial charge on any atom is -0.388 e. The maximum atomic E-state index is 8.64. The maximum Gasteiger partial charge on any atom is 0.106 e. The van der Waals surface area contributed by atoms with Gasteiger partial charge in [-0.2, -0.15) is 0 Å². The van der Waals surface area contributed by atoms with Gasteiger partial charge >= 0.3 is 0 Å². The van der Waals surface area contributed by atoms with Crippen LogP contribution in [0.3, 0.4) is 0 Å². The third-order valence-corrected chi connectivity index (χ3v) is 1.58. The molecule has 2 aliphatic heterocycles. The molecule has 2 saturated heterocycles. The van der Waals surface area contributed by atoms with Crippen molar-refractivity contribution in [3.8, 4) is 0 Å². The molecule has 2 heteroatoms. The van der Waals surface area contributed by atoms with Crippen LogP contribution in [0, 0.1) is 0 Å². The highest BCUT2D eigenvalue weighted by molar-refractivity contribution is 5.02. The van der Waals surface area contributed by atoms with Crippen LogP contribution >= 0.6 is 0 Å². The van der Waals surface area contributed by atoms with E-state index in [1.807, 2.05) is 0 Å². The van der Waals surface area contributed by atoms with E-state index in [0.29, 0.717) is 0 Å². The second-order valence-corrected chi connectivity index (χ2v) is 1.94. The Bertz CT molecular complexity index is 67.6. The fourth-order valence-electron chi connectivity index (χ4n) is 0.836. The highest BCUT2D eigenvalue weighted by atomic mass is 16.6. The lowest BCUT2D eigenvalue weighted by molar-refractivity contribution is -0.319. The number of hydrogen-bond donors (Lipinski definition) is 1. The van der Waals surface area contributed by atoms with E-state index in [2.05, 4.69) is 0 Å². The molecular weight excluding hydrogens is 80.0 g/mol. The minimum atomic E-state index is -0.0926. The molecule has 0 aromatic carbocycles. The number of rotatable bonds is 0. The molecule has 2 nitrogen and oxygen atoms in total. The van der Waals surface area contributed by atoms with Crippen LogP contribution in [0.1, 0.15) is 6.42 Å². The fourth-order valence-corrected chi connectivity index (χ4v) is 0.836. The molecule has 0 aromatic heterocycles. The zero-order valence-electron chi connectivity index (χ0n) is 3.29. The van der Waals surface area contributed by atoms with Gasteiger partial charge in [0, 0.05) is 6.42 Å². The van der Waals surface area contributed by atoms with Crippen molar-refractivity contribution in [1.29, 1.82) is 0 Å². The maximum absolute atomic E-state index is 8.64. The van der Waals surface area contributed by atoms with Crippen LogP contribution < -0.4 is 0 Å². The van der Waals surface area contributed by atoms with E-state index in [0.717, 1.165) is 6.42 Å². The molecule has 2 atom stereocenters. The lowest BCUT2D eigenvalue weighted by Crippen LogP contribution is -2.66. The van der Waals surface area contributed by atoms with Crippen LogP contribution in [-0.4, -0.2) is 23.4 Å². The van der Waals surface area contributed by atoms with Gasteiger partial charge in [0.25, 0.3) is 0 Å². The molecule has 3 rings (SSSR count). The summed E-state index contributed by atoms with van der Waals surface area (Å²) in [5, 5.41) is 8.64. The first-order valence-electron chi connectivity index (χ1n) is 2.21. The van der Waals surface area contributed by atoms with Crippen LogP contribution in [0.2, 0.25) is 0 Å². The molecule has 1 aliphatic carbocycles. The van der Waals surface area contributed by atoms with Crippen molar-refractivity contribution in [3.05, 3.63) is 0 Å². The molecule has 1 N–H and O–H groups in total. The Hall–Kier alpha value is -0.0800. The average Bonchev–Trinajstić information content (AvgIpc) is 1.28. The Morgan fingerprint density at radius 2 is 1.83 bits per heavy atom. The van der Waals surface area contributed by atoms with Crippen molar-refractivity contribution in [3.63, 3.8) is 0 Å². The topological polar surface area (TPSA) is 29.5 Å². The number of ether oxygens (including phenoxy) is 1. The number of aliphatic hydroxyl groups is 1. The quantitative estimate of drug-likeness (QED) is 0.431. The van der Waals surface area contributed by atoms with Crippen LogP contribution in [-0.2, 0) is 4.74 Å². The molecule has 0 aromatic rings. The van der Waals surface area contributed by atoms with E-state index in [9.17, 15) is 0 Å². The molecule has 3 fully saturated rings. The van der Waals surface area contributed by atoms with E-state index in [4.69, 9.17) is 9.84 Å². The molecule has 2 bridgehead atoms. The van der Waals surface area contributed by atoms with Crippen molar-refractivity contribution in [2.75, 3.05) is 0 Å². The van der Waals surface area contributed by atoms with Crippen molar-refractivity contribution >= 4 is 0 Å². The van der Waals surface area contributed by atoms with Gasteiger partial charge < -0.3 is 9.84 Å². The van der Waals surface area contributed by atoms with Crippen LogP contribution in [0.5, 0.6) is 0 Å². The molecular formula is C4H6O2. The molecule has 1 saturated carbocycles. The van der Waals surface area contributed by atoms with Gasteiger partial charge in [-0.3, -0.25) is 0 Å². The van der Waals surface area contributed by atoms with Gasteiger partial charge in [-0.15, -0.1) is 0 Å². The zero-order valence-corrected chi connectivity index (χ0v) is 3.29. The Morgan fingerprint density at radius 3 is 1.83 bits per heavy atom. The number of aliphatic hydroxyl groups excluding tert-OH is 1. The zero-order chi connectivity index (χ0) is 4.15. The predicted molar refractivity (Wildman–Crippen MR) is 19.3 cm³/mol. The highest BCUT2D eigenvalue weighted by Gasteiger charge is 2.53. The summed E-state index contributed by atoms with van der Waals surface area (Å²) in [6.07, 6.45) is 1.47. The van der Waals surface area contributed by atoms with Crippen molar-refractivity contribution in [1.82, 2.24) is 0 Å². The summed E-state index contributed by atoms with van der Waals surface area (Å²) in [6.45, 7) is 0. The smallest absolute Gasteiger partial charge is 0.106 e. The van der Waals surface area contributed by atoms with E-state index in [-0.39, 0.29) is 18.3 Å². The van der Waals surface area contributed by atoms with Crippen molar-refractivity contribution in [2.45, 2.75) is 24.7 Å². The van der Waals surface area contributed by atoms with Crippen molar-refractivity contribution in [2.24, 2.45) is 0 Å². The van der Waals surface area contributed by atoms with Gasteiger partial charge in [0.05, 0.1) is 12.2 Å². The van der Waals surface area contributed by atoms with Gasteiger partial charge in [0.1, 0.15) is 6.10 Å². The van der Waals surface area contributed by atoms with E-state index < -0.39 is 0 Å². The van der Waals surface area contributed by atoms with E-state index in [1.54, 1.807) is 0 Å². The van der Waals surface area contributed by atoms with Gasteiger partial charge in [-0.25, -0.2) is 0 Å². The monoisotopic (exact) mass is 86.0 g/mol. The standard InChI is InChI=1S/C4H6O2/c5-4-2-1-3(4)6-2/h2-5H,1H2. The van der Waals surface area contributed by atoms with Gasteiger partial charge in [0.2, 0.25) is 0 Å². The first-order chi connectivity index (χ1) is 2.88. The fraction of sp³-hybridized carbons (Fsp3) is 1.00. The summed E-state index contributed by atoms with van der Waals surface area (Å²) in [4.78, 5) is 0. The Labute approximate surface area is 35.7 Å². The number of hydrogen-bond acceptors (Lipinski definition) is 2. The molecule has 3 aliphatic rings. The summed E-state index contributed by atoms with van der Waals surface area (Å²) in [5.74, 6) is 0. The van der Waals surface area contributed by atoms with Gasteiger partial charge in [0.15, 0.2) is 0 Å². The molecule has 6 heavy (non-hydrogen) atoms. The van der Waals surface area contributed by atoms with Crippen LogP contribution in [0.15, 0.2) is 0 Å². The molecule has 34 valence electrons. The third-order valence-electron chi connectivity index (χ3n) is 1.58. The van der Waals surface area contributed by atoms with Crippen LogP contribution in [0.25, 0.3) is 0 Å². The molecule has 2 unspecified atom stereocenters. The summed E-state index contributed by atoms with van der Waals surface area (Å²) in [6, 6.07) is 0. The first kappa shape index (κ1) is 2.99. The van der Waals surface area contributed by atoms with E-state index >= 15 is 0 Å². The highest BCUT2D eigenvalue weighted by Crippen LogP contribution is 2.40. The largest absolute Gasteiger partial charge is 0.388 e. The Balaban J connectivity index is 2.11. The van der Waals surface area contributed by atoms with Crippen molar-refractivity contribution < 1.29 is 9.84 Å². The SMILES string of the molecule is OC1C2CC1O2. The average molecular weight is 86.1 g/mol. The summed E-state index contributed by atoms with van der Waals surface area (Å²) in [7, 11) is 0. The molecule has 0 spiro atoms. The normalized spacial score (nSPS) is 62.5. The Kier molecular flexibility index (Phi) is 0.316. The molecule has 2 heterocycles. The molecule has 0 radical (unpaired) electrons. The Morgan fingerprint density at radius 1 is 1.50 bits per heavy atom. The predicted octanol–water partition coefficient (Wildman–Crippen LogP) is -0.482. The summed E-state index contributed by atoms with van der Waals surface area (Å²) >= 11 is 0. The second kappa shape index (κ2) is 0.634. The van der Waals surface area contributed by atoms with Gasteiger partial charge in [-0.1, -0.05) is 0 Å². The molecule has 0 amide bonds. The lowest BCUT2D eigenvalue weighted by Gasteiger charge is -2.54. The van der Waals surface area contributed by atoms with Crippen LogP contribution in [0.4, 0.5) is 0 Å². The van der Waals surface area contributed by atoms with Gasteiger partial charge in [-0.05, 0) is 0 Å². The second-order valence-electron chi connectivity index (χ2n) is 1.94. The minimum absolute atomic E-state index is 0.0926. The third kappa shape index (κ3) is 0.132. The summed E-state index contributed by atoms with van der Waals surface area (Å²) in [5.41, 5.74) is 0. The first-order valence-corrected chi connectivity index (χ1v) is 2.21.